The summed E-state index contributed by atoms with van der Waals surface area (Å²) >= 11 is 0. The van der Waals surface area contributed by atoms with E-state index in [0.29, 0.717) is 0 Å². The zero-order chi connectivity index (χ0) is 16.5. The fraction of sp³-hybridized carbons (Fsp3) is 0.0526. The van der Waals surface area contributed by atoms with Gasteiger partial charge in [0.2, 0.25) is 0 Å². The van der Waals surface area contributed by atoms with Gasteiger partial charge in [0.05, 0.1) is 12.0 Å². The average Bonchev–Trinajstić information content (AvgIpc) is 2.59. The van der Waals surface area contributed by atoms with Crippen molar-refractivity contribution in [1.82, 2.24) is 0 Å². The number of rotatable bonds is 6. The lowest BCUT2D eigenvalue weighted by Crippen LogP contribution is -1.86. The van der Waals surface area contributed by atoms with Gasteiger partial charge in [-0.1, -0.05) is 48.6 Å². The van der Waals surface area contributed by atoms with Crippen LogP contribution >= 0.6 is 0 Å². The molecule has 0 fully saturated rings. The smallest absolute Gasteiger partial charge is 0.269 e. The van der Waals surface area contributed by atoms with Crippen molar-refractivity contribution in [2.75, 3.05) is 7.11 Å². The number of nitro benzene ring substituents is 1. The standard InChI is InChI=1S/C19H17NO3/c1-23-19-14-10-17(11-15-19)7-5-3-2-4-6-16-8-12-18(13-9-16)20(21)22/h2-15H,1H3/b3-2-,6-4+,7-5+. The molecule has 0 aliphatic heterocycles. The summed E-state index contributed by atoms with van der Waals surface area (Å²) in [6.07, 6.45) is 11.5. The molecule has 0 aliphatic rings. The van der Waals surface area contributed by atoms with Gasteiger partial charge in [0.15, 0.2) is 0 Å². The molecule has 0 heterocycles. The van der Waals surface area contributed by atoms with Crippen molar-refractivity contribution in [2.45, 2.75) is 0 Å². The summed E-state index contributed by atoms with van der Waals surface area (Å²) < 4.78 is 5.10. The molecule has 2 aromatic rings. The third-order valence-corrected chi connectivity index (χ3v) is 3.13. The summed E-state index contributed by atoms with van der Waals surface area (Å²) in [5.41, 5.74) is 2.11. The quantitative estimate of drug-likeness (QED) is 0.434. The maximum absolute atomic E-state index is 10.6. The Bertz CT molecular complexity index is 726. The minimum atomic E-state index is -0.405. The highest BCUT2D eigenvalue weighted by Crippen LogP contribution is 2.13. The molecule has 0 bridgehead atoms. The molecule has 0 amide bonds. The van der Waals surface area contributed by atoms with Gasteiger partial charge in [-0.25, -0.2) is 0 Å². The summed E-state index contributed by atoms with van der Waals surface area (Å²) in [4.78, 5) is 10.2. The summed E-state index contributed by atoms with van der Waals surface area (Å²) in [6.45, 7) is 0. The van der Waals surface area contributed by atoms with Crippen LogP contribution in [0.2, 0.25) is 0 Å². The lowest BCUT2D eigenvalue weighted by Gasteiger charge is -1.98. The summed E-state index contributed by atoms with van der Waals surface area (Å²) in [5, 5.41) is 10.6. The monoisotopic (exact) mass is 307 g/mol. The minimum absolute atomic E-state index is 0.0973. The van der Waals surface area contributed by atoms with Crippen LogP contribution in [0.4, 0.5) is 5.69 Å². The Hall–Kier alpha value is -3.14. The number of nitrogens with zero attached hydrogens (tertiary/aromatic N) is 1. The van der Waals surface area contributed by atoms with Crippen molar-refractivity contribution in [2.24, 2.45) is 0 Å². The lowest BCUT2D eigenvalue weighted by molar-refractivity contribution is -0.384. The van der Waals surface area contributed by atoms with Crippen molar-refractivity contribution >= 4 is 17.8 Å². The Kier molecular flexibility index (Phi) is 5.89. The number of benzene rings is 2. The summed E-state index contributed by atoms with van der Waals surface area (Å²) in [7, 11) is 1.64. The largest absolute Gasteiger partial charge is 0.497 e. The first kappa shape index (κ1) is 16.2. The Morgan fingerprint density at radius 2 is 1.30 bits per heavy atom. The molecule has 0 saturated carbocycles. The molecule has 0 aromatic heterocycles. The molecule has 0 saturated heterocycles. The van der Waals surface area contributed by atoms with Gasteiger partial charge in [-0.3, -0.25) is 10.1 Å². The maximum atomic E-state index is 10.6. The molecule has 2 rings (SSSR count). The number of allylic oxidation sites excluding steroid dienone is 4. The lowest BCUT2D eigenvalue weighted by atomic mass is 10.2. The van der Waals surface area contributed by atoms with Crippen LogP contribution in [0.15, 0.2) is 72.8 Å². The Labute approximate surface area is 135 Å². The second kappa shape index (κ2) is 8.34. The highest BCUT2D eigenvalue weighted by Gasteiger charge is 2.01. The molecular weight excluding hydrogens is 290 g/mol. The van der Waals surface area contributed by atoms with Gasteiger partial charge in [-0.2, -0.15) is 0 Å². The van der Waals surface area contributed by atoms with Gasteiger partial charge in [-0.15, -0.1) is 0 Å². The second-order valence-electron chi connectivity index (χ2n) is 4.72. The van der Waals surface area contributed by atoms with Crippen molar-refractivity contribution in [3.8, 4) is 5.75 Å². The first-order chi connectivity index (χ1) is 11.2. The Morgan fingerprint density at radius 3 is 1.74 bits per heavy atom. The van der Waals surface area contributed by atoms with E-state index < -0.39 is 4.92 Å². The average molecular weight is 307 g/mol. The number of methoxy groups -OCH3 is 1. The molecule has 23 heavy (non-hydrogen) atoms. The number of ether oxygens (including phenoxy) is 1. The number of nitro groups is 1. The number of hydrogen-bond acceptors (Lipinski definition) is 3. The van der Waals surface area contributed by atoms with Gasteiger partial charge < -0.3 is 4.74 Å². The highest BCUT2D eigenvalue weighted by atomic mass is 16.6. The van der Waals surface area contributed by atoms with Crippen molar-refractivity contribution in [1.29, 1.82) is 0 Å². The van der Waals surface area contributed by atoms with Gasteiger partial charge in [0, 0.05) is 12.1 Å². The van der Waals surface area contributed by atoms with Gasteiger partial charge >= 0.3 is 0 Å². The first-order valence-corrected chi connectivity index (χ1v) is 7.09. The van der Waals surface area contributed by atoms with Crippen LogP contribution in [0.1, 0.15) is 11.1 Å². The second-order valence-corrected chi connectivity index (χ2v) is 4.72. The third-order valence-electron chi connectivity index (χ3n) is 3.13. The third kappa shape index (κ3) is 5.28. The molecule has 116 valence electrons. The van der Waals surface area contributed by atoms with Crippen molar-refractivity contribution in [3.63, 3.8) is 0 Å². The van der Waals surface area contributed by atoms with Crippen LogP contribution in [-0.4, -0.2) is 12.0 Å². The zero-order valence-corrected chi connectivity index (χ0v) is 12.8. The van der Waals surface area contributed by atoms with E-state index in [4.69, 9.17) is 4.74 Å². The van der Waals surface area contributed by atoms with Crippen LogP contribution in [0.3, 0.4) is 0 Å². The van der Waals surface area contributed by atoms with Gasteiger partial charge in [0.25, 0.3) is 5.69 Å². The van der Waals surface area contributed by atoms with E-state index >= 15 is 0 Å². The van der Waals surface area contributed by atoms with E-state index in [0.717, 1.165) is 16.9 Å². The molecule has 0 radical (unpaired) electrons. The molecule has 4 heteroatoms. The van der Waals surface area contributed by atoms with E-state index in [2.05, 4.69) is 0 Å². The van der Waals surface area contributed by atoms with Gasteiger partial charge in [-0.05, 0) is 35.4 Å². The molecule has 0 unspecified atom stereocenters. The predicted molar refractivity (Wildman–Crippen MR) is 93.3 cm³/mol. The normalized spacial score (nSPS) is 11.5. The van der Waals surface area contributed by atoms with Crippen LogP contribution in [0.25, 0.3) is 12.2 Å². The highest BCUT2D eigenvalue weighted by molar-refractivity contribution is 5.55. The van der Waals surface area contributed by atoms with E-state index in [-0.39, 0.29) is 5.69 Å². The molecule has 0 aliphatic carbocycles. The van der Waals surface area contributed by atoms with Crippen LogP contribution in [-0.2, 0) is 0 Å². The van der Waals surface area contributed by atoms with E-state index in [1.54, 1.807) is 19.2 Å². The van der Waals surface area contributed by atoms with Gasteiger partial charge in [0.1, 0.15) is 5.75 Å². The molecule has 0 spiro atoms. The Morgan fingerprint density at radius 1 is 0.826 bits per heavy atom. The molecule has 0 N–H and O–H groups in total. The molecular formula is C19H17NO3. The summed E-state index contributed by atoms with van der Waals surface area (Å²) in [6, 6.07) is 14.2. The fourth-order valence-electron chi connectivity index (χ4n) is 1.88. The van der Waals surface area contributed by atoms with E-state index in [9.17, 15) is 10.1 Å². The molecule has 4 nitrogen and oxygen atoms in total. The number of non-ortho nitro benzene ring substituents is 1. The maximum Gasteiger partial charge on any atom is 0.269 e. The number of hydrogen-bond donors (Lipinski definition) is 0. The predicted octanol–water partition coefficient (Wildman–Crippen LogP) is 4.89. The van der Waals surface area contributed by atoms with E-state index in [1.165, 1.54) is 12.1 Å². The van der Waals surface area contributed by atoms with Crippen LogP contribution < -0.4 is 4.74 Å². The fourth-order valence-corrected chi connectivity index (χ4v) is 1.88. The van der Waals surface area contributed by atoms with Crippen LogP contribution in [0, 0.1) is 10.1 Å². The minimum Gasteiger partial charge on any atom is -0.497 e. The Balaban J connectivity index is 1.87. The van der Waals surface area contributed by atoms with Crippen molar-refractivity contribution in [3.05, 3.63) is 94.1 Å². The van der Waals surface area contributed by atoms with Crippen molar-refractivity contribution < 1.29 is 9.66 Å². The molecule has 0 atom stereocenters. The SMILES string of the molecule is COc1ccc(/C=C/C=C\C=C\c2ccc([N+](=O)[O-])cc2)cc1. The molecule has 2 aromatic carbocycles. The topological polar surface area (TPSA) is 52.4 Å². The first-order valence-electron chi connectivity index (χ1n) is 7.09. The zero-order valence-electron chi connectivity index (χ0n) is 12.8. The van der Waals surface area contributed by atoms with E-state index in [1.807, 2.05) is 60.7 Å². The van der Waals surface area contributed by atoms with Crippen LogP contribution in [0.5, 0.6) is 5.75 Å². The summed E-state index contributed by atoms with van der Waals surface area (Å²) in [5.74, 6) is 0.837.